The highest BCUT2D eigenvalue weighted by Crippen LogP contribution is 2.23. The lowest BCUT2D eigenvalue weighted by Gasteiger charge is -2.34. The van der Waals surface area contributed by atoms with E-state index in [4.69, 9.17) is 13.9 Å². The summed E-state index contributed by atoms with van der Waals surface area (Å²) in [5.74, 6) is 3.66. The predicted octanol–water partition coefficient (Wildman–Crippen LogP) is 2.29. The summed E-state index contributed by atoms with van der Waals surface area (Å²) in [5, 5.41) is 3.57. The fourth-order valence-electron chi connectivity index (χ4n) is 4.02. The van der Waals surface area contributed by atoms with Gasteiger partial charge in [-0.25, -0.2) is 0 Å². The molecule has 2 aliphatic rings. The van der Waals surface area contributed by atoms with Gasteiger partial charge in [0, 0.05) is 53.5 Å². The molecule has 1 atom stereocenters. The van der Waals surface area contributed by atoms with Gasteiger partial charge in [-0.1, -0.05) is 0 Å². The topological polar surface area (TPSA) is 62.5 Å². The minimum Gasteiger partial charge on any atom is -0.465 e. The molecule has 7 heteroatoms. The molecule has 0 spiro atoms. The second kappa shape index (κ2) is 10.8. The molecule has 2 fully saturated rings. The first kappa shape index (κ1) is 21.1. The van der Waals surface area contributed by atoms with E-state index in [0.29, 0.717) is 0 Å². The summed E-state index contributed by atoms with van der Waals surface area (Å²) in [6.45, 7) is 8.97. The Morgan fingerprint density at radius 2 is 1.93 bits per heavy atom. The van der Waals surface area contributed by atoms with Crippen LogP contribution in [-0.4, -0.2) is 82.5 Å². The maximum Gasteiger partial charge on any atom is 0.193 e. The predicted molar refractivity (Wildman–Crippen MR) is 111 cm³/mol. The molecule has 1 unspecified atom stereocenters. The molecule has 1 N–H and O–H groups in total. The Balaban J connectivity index is 1.55. The van der Waals surface area contributed by atoms with Crippen molar-refractivity contribution in [3.05, 3.63) is 23.7 Å². The Morgan fingerprint density at radius 1 is 1.21 bits per heavy atom. The van der Waals surface area contributed by atoms with Gasteiger partial charge in [0.05, 0.1) is 19.3 Å². The highest BCUT2D eigenvalue weighted by molar-refractivity contribution is 5.79. The van der Waals surface area contributed by atoms with Crippen LogP contribution in [-0.2, 0) is 9.47 Å². The molecule has 0 radical (unpaired) electrons. The lowest BCUT2D eigenvalue weighted by molar-refractivity contribution is 0.0123. The van der Waals surface area contributed by atoms with Crippen molar-refractivity contribution in [1.29, 1.82) is 0 Å². The third-order valence-electron chi connectivity index (χ3n) is 5.82. The van der Waals surface area contributed by atoms with Crippen LogP contribution in [0.5, 0.6) is 0 Å². The van der Waals surface area contributed by atoms with Gasteiger partial charge in [-0.05, 0) is 44.2 Å². The van der Waals surface area contributed by atoms with E-state index >= 15 is 0 Å². The van der Waals surface area contributed by atoms with Crippen LogP contribution >= 0.6 is 0 Å². The average molecular weight is 393 g/mol. The lowest BCUT2D eigenvalue weighted by Crippen LogP contribution is -2.47. The molecule has 3 rings (SSSR count). The molecule has 0 bridgehead atoms. The van der Waals surface area contributed by atoms with Crippen molar-refractivity contribution >= 4 is 5.96 Å². The highest BCUT2D eigenvalue weighted by atomic mass is 16.5. The number of morpholine rings is 1. The van der Waals surface area contributed by atoms with Crippen LogP contribution in [0.25, 0.3) is 0 Å². The molecule has 0 aliphatic carbocycles. The lowest BCUT2D eigenvalue weighted by atomic mass is 9.96. The van der Waals surface area contributed by atoms with Crippen molar-refractivity contribution in [2.24, 2.45) is 10.9 Å². The van der Waals surface area contributed by atoms with Crippen molar-refractivity contribution < 1.29 is 13.9 Å². The smallest absolute Gasteiger partial charge is 0.193 e. The number of guanidine groups is 1. The van der Waals surface area contributed by atoms with Gasteiger partial charge in [-0.2, -0.15) is 0 Å². The van der Waals surface area contributed by atoms with Gasteiger partial charge in [-0.15, -0.1) is 0 Å². The first-order valence-corrected chi connectivity index (χ1v) is 10.5. The van der Waals surface area contributed by atoms with Crippen LogP contribution in [0.2, 0.25) is 0 Å². The van der Waals surface area contributed by atoms with Gasteiger partial charge >= 0.3 is 0 Å². The average Bonchev–Trinajstić information content (AvgIpc) is 3.17. The summed E-state index contributed by atoms with van der Waals surface area (Å²) in [5.41, 5.74) is 0. The second-order valence-corrected chi connectivity index (χ2v) is 7.81. The molecule has 1 aromatic heterocycles. The molecule has 158 valence electrons. The number of nitrogens with one attached hydrogen (secondary N) is 1. The number of aryl methyl sites for hydroxylation is 1. The maximum atomic E-state index is 5.96. The molecular weight excluding hydrogens is 356 g/mol. The standard InChI is InChI=1S/C21H36N4O3/c1-17-4-5-20(28-17)19(25-10-14-27-15-11-25)16-23-21(22-2)24(3)9-6-18-7-12-26-13-8-18/h4-5,18-19H,6-16H2,1-3H3,(H,22,23). The summed E-state index contributed by atoms with van der Waals surface area (Å²) >= 11 is 0. The van der Waals surface area contributed by atoms with E-state index in [1.54, 1.807) is 0 Å². The van der Waals surface area contributed by atoms with Gasteiger partial charge in [0.15, 0.2) is 5.96 Å². The van der Waals surface area contributed by atoms with Crippen molar-refractivity contribution in [1.82, 2.24) is 15.1 Å². The molecule has 0 saturated carbocycles. The normalized spacial score (nSPS) is 20.9. The third-order valence-corrected chi connectivity index (χ3v) is 5.82. The molecule has 7 nitrogen and oxygen atoms in total. The van der Waals surface area contributed by atoms with Crippen molar-refractivity contribution in [3.8, 4) is 0 Å². The van der Waals surface area contributed by atoms with Crippen molar-refractivity contribution in [3.63, 3.8) is 0 Å². The van der Waals surface area contributed by atoms with Gasteiger partial charge < -0.3 is 24.1 Å². The molecule has 2 saturated heterocycles. The number of nitrogens with zero attached hydrogens (tertiary/aromatic N) is 3. The molecule has 28 heavy (non-hydrogen) atoms. The molecule has 2 aliphatic heterocycles. The Labute approximate surface area is 169 Å². The molecule has 3 heterocycles. The van der Waals surface area contributed by atoms with Crippen molar-refractivity contribution in [2.45, 2.75) is 32.2 Å². The zero-order valence-electron chi connectivity index (χ0n) is 17.7. The van der Waals surface area contributed by atoms with Gasteiger partial charge in [0.1, 0.15) is 11.5 Å². The zero-order chi connectivity index (χ0) is 19.8. The summed E-state index contributed by atoms with van der Waals surface area (Å²) in [7, 11) is 3.98. The quantitative estimate of drug-likeness (QED) is 0.567. The minimum absolute atomic E-state index is 0.179. The van der Waals surface area contributed by atoms with Crippen molar-refractivity contribution in [2.75, 3.05) is 66.7 Å². The van der Waals surface area contributed by atoms with E-state index in [1.807, 2.05) is 20.0 Å². The van der Waals surface area contributed by atoms with Crippen LogP contribution < -0.4 is 5.32 Å². The Morgan fingerprint density at radius 3 is 2.57 bits per heavy atom. The number of ether oxygens (including phenoxy) is 2. The summed E-state index contributed by atoms with van der Waals surface area (Å²) in [6, 6.07) is 4.31. The maximum absolute atomic E-state index is 5.96. The monoisotopic (exact) mass is 392 g/mol. The highest BCUT2D eigenvalue weighted by Gasteiger charge is 2.26. The molecule has 0 amide bonds. The summed E-state index contributed by atoms with van der Waals surface area (Å²) < 4.78 is 17.0. The molecular formula is C21H36N4O3. The number of hydrogen-bond donors (Lipinski definition) is 1. The Hall–Kier alpha value is -1.57. The molecule has 0 aromatic carbocycles. The van der Waals surface area contributed by atoms with Gasteiger partial charge in [0.25, 0.3) is 0 Å². The summed E-state index contributed by atoms with van der Waals surface area (Å²) in [6.07, 6.45) is 3.54. The first-order chi connectivity index (χ1) is 13.7. The minimum atomic E-state index is 0.179. The van der Waals surface area contributed by atoms with E-state index < -0.39 is 0 Å². The number of rotatable bonds is 7. The van der Waals surface area contributed by atoms with E-state index in [9.17, 15) is 0 Å². The molecule has 1 aromatic rings. The van der Waals surface area contributed by atoms with E-state index in [2.05, 4.69) is 33.2 Å². The Kier molecular flexibility index (Phi) is 8.18. The van der Waals surface area contributed by atoms with Gasteiger partial charge in [-0.3, -0.25) is 9.89 Å². The summed E-state index contributed by atoms with van der Waals surface area (Å²) in [4.78, 5) is 9.17. The van der Waals surface area contributed by atoms with Crippen LogP contribution in [0, 0.1) is 12.8 Å². The Bertz CT molecular complexity index is 607. The van der Waals surface area contributed by atoms with Crippen LogP contribution in [0.3, 0.4) is 0 Å². The zero-order valence-corrected chi connectivity index (χ0v) is 17.7. The number of hydrogen-bond acceptors (Lipinski definition) is 5. The van der Waals surface area contributed by atoms with Crippen LogP contribution in [0.4, 0.5) is 0 Å². The number of furan rings is 1. The first-order valence-electron chi connectivity index (χ1n) is 10.5. The largest absolute Gasteiger partial charge is 0.465 e. The second-order valence-electron chi connectivity index (χ2n) is 7.81. The van der Waals surface area contributed by atoms with E-state index in [-0.39, 0.29) is 6.04 Å². The van der Waals surface area contributed by atoms with E-state index in [0.717, 1.165) is 76.0 Å². The third kappa shape index (κ3) is 5.96. The number of aliphatic imine (C=N–C) groups is 1. The van der Waals surface area contributed by atoms with Gasteiger partial charge in [0.2, 0.25) is 0 Å². The SMILES string of the molecule is CN=C(NCC(c1ccc(C)o1)N1CCOCC1)N(C)CCC1CCOCC1. The van der Waals surface area contributed by atoms with E-state index in [1.165, 1.54) is 19.3 Å². The fourth-order valence-corrected chi connectivity index (χ4v) is 4.02. The van der Waals surface area contributed by atoms with Crippen LogP contribution in [0.15, 0.2) is 21.5 Å². The fraction of sp³-hybridized carbons (Fsp3) is 0.762. The van der Waals surface area contributed by atoms with Crippen LogP contribution in [0.1, 0.15) is 36.8 Å².